The number of hydrogen-bond acceptors (Lipinski definition) is 3. The maximum Gasteiger partial charge on any atom is 0.0739 e. The van der Waals surface area contributed by atoms with Crippen molar-refractivity contribution in [2.24, 2.45) is 5.16 Å². The Hall–Kier alpha value is -1.51. The molecule has 0 amide bonds. The quantitative estimate of drug-likeness (QED) is 0.443. The molecule has 0 saturated carbocycles. The number of hydrogen-bond donors (Lipinski definition) is 1. The molecule has 0 unspecified atom stereocenters. The van der Waals surface area contributed by atoms with Gasteiger partial charge >= 0.3 is 0 Å². The lowest BCUT2D eigenvalue weighted by Crippen LogP contribution is -2.09. The molecule has 0 bridgehead atoms. The van der Waals surface area contributed by atoms with Crippen molar-refractivity contribution in [3.63, 3.8) is 0 Å². The number of oxime groups is 1. The van der Waals surface area contributed by atoms with Gasteiger partial charge in [0.2, 0.25) is 0 Å². The molecular weight excluding hydrogens is 176 g/mol. The number of aryl methyl sites for hydroxylation is 2. The number of rotatable bonds is 2. The highest BCUT2D eigenvalue weighted by molar-refractivity contribution is 5.84. The van der Waals surface area contributed by atoms with Gasteiger partial charge in [0.25, 0.3) is 0 Å². The van der Waals surface area contributed by atoms with E-state index in [1.165, 1.54) is 6.21 Å². The molecule has 0 aliphatic heterocycles. The molecule has 0 radical (unpaired) electrons. The van der Waals surface area contributed by atoms with Gasteiger partial charge in [0.15, 0.2) is 0 Å². The van der Waals surface area contributed by atoms with Crippen LogP contribution in [0.5, 0.6) is 0 Å². The Kier molecular flexibility index (Phi) is 3.12. The molecule has 1 N–H and O–H groups in total. The summed E-state index contributed by atoms with van der Waals surface area (Å²) in [7, 11) is 4.02. The van der Waals surface area contributed by atoms with E-state index in [4.69, 9.17) is 5.21 Å². The van der Waals surface area contributed by atoms with Gasteiger partial charge in [-0.05, 0) is 37.1 Å². The van der Waals surface area contributed by atoms with Crippen LogP contribution in [0.3, 0.4) is 0 Å². The van der Waals surface area contributed by atoms with E-state index in [0.29, 0.717) is 0 Å². The van der Waals surface area contributed by atoms with Crippen molar-refractivity contribution in [3.05, 3.63) is 28.8 Å². The van der Waals surface area contributed by atoms with Crippen LogP contribution in [0.25, 0.3) is 0 Å². The van der Waals surface area contributed by atoms with Gasteiger partial charge in [-0.3, -0.25) is 0 Å². The second-order valence-corrected chi connectivity index (χ2v) is 3.63. The third-order valence-electron chi connectivity index (χ3n) is 2.28. The van der Waals surface area contributed by atoms with Crippen LogP contribution < -0.4 is 4.90 Å². The lowest BCUT2D eigenvalue weighted by molar-refractivity contribution is 0.322. The smallest absolute Gasteiger partial charge is 0.0739 e. The van der Waals surface area contributed by atoms with Crippen LogP contribution in [-0.2, 0) is 0 Å². The fourth-order valence-electron chi connectivity index (χ4n) is 1.47. The molecule has 0 aliphatic rings. The van der Waals surface area contributed by atoms with Crippen molar-refractivity contribution in [2.75, 3.05) is 19.0 Å². The third-order valence-corrected chi connectivity index (χ3v) is 2.28. The Labute approximate surface area is 84.7 Å². The van der Waals surface area contributed by atoms with E-state index in [1.54, 1.807) is 0 Å². The largest absolute Gasteiger partial charge is 0.411 e. The summed E-state index contributed by atoms with van der Waals surface area (Å²) in [6.07, 6.45) is 1.48. The van der Waals surface area contributed by atoms with Crippen molar-refractivity contribution in [2.45, 2.75) is 13.8 Å². The first-order chi connectivity index (χ1) is 6.56. The first kappa shape index (κ1) is 10.6. The predicted molar refractivity (Wildman–Crippen MR) is 59.6 cm³/mol. The number of nitrogens with zero attached hydrogens (tertiary/aromatic N) is 2. The molecule has 0 atom stereocenters. The summed E-state index contributed by atoms with van der Waals surface area (Å²) in [6.45, 7) is 4.02. The lowest BCUT2D eigenvalue weighted by Gasteiger charge is -2.15. The van der Waals surface area contributed by atoms with Crippen molar-refractivity contribution in [1.29, 1.82) is 0 Å². The second kappa shape index (κ2) is 4.13. The molecule has 0 spiro atoms. The molecule has 0 aliphatic carbocycles. The normalized spacial score (nSPS) is 10.9. The van der Waals surface area contributed by atoms with Crippen molar-refractivity contribution < 1.29 is 5.21 Å². The monoisotopic (exact) mass is 192 g/mol. The SMILES string of the molecule is Cc1cc(N(C)C)cc(C)c1/C=N\O. The molecule has 0 heterocycles. The van der Waals surface area contributed by atoms with Crippen molar-refractivity contribution >= 4 is 11.9 Å². The van der Waals surface area contributed by atoms with E-state index in [9.17, 15) is 0 Å². The fourth-order valence-corrected chi connectivity index (χ4v) is 1.47. The van der Waals surface area contributed by atoms with E-state index in [1.807, 2.05) is 27.9 Å². The van der Waals surface area contributed by atoms with Crippen LogP contribution in [-0.4, -0.2) is 25.5 Å². The van der Waals surface area contributed by atoms with Gasteiger partial charge in [0.05, 0.1) is 6.21 Å². The van der Waals surface area contributed by atoms with Gasteiger partial charge in [-0.25, -0.2) is 0 Å². The number of anilines is 1. The molecule has 1 aromatic rings. The summed E-state index contributed by atoms with van der Waals surface area (Å²) in [5, 5.41) is 11.6. The summed E-state index contributed by atoms with van der Waals surface area (Å²) < 4.78 is 0. The maximum atomic E-state index is 8.51. The van der Waals surface area contributed by atoms with Gasteiger partial charge in [-0.1, -0.05) is 5.16 Å². The van der Waals surface area contributed by atoms with E-state index in [0.717, 1.165) is 22.4 Å². The van der Waals surface area contributed by atoms with Crippen LogP contribution in [0.15, 0.2) is 17.3 Å². The molecule has 76 valence electrons. The Balaban J connectivity index is 3.25. The molecule has 1 rings (SSSR count). The molecule has 0 aromatic heterocycles. The molecule has 3 heteroatoms. The summed E-state index contributed by atoms with van der Waals surface area (Å²) in [6, 6.07) is 4.15. The van der Waals surface area contributed by atoms with Crippen LogP contribution in [0.2, 0.25) is 0 Å². The first-order valence-corrected chi connectivity index (χ1v) is 4.52. The minimum absolute atomic E-state index is 0.984. The van der Waals surface area contributed by atoms with Gasteiger partial charge < -0.3 is 10.1 Å². The molecular formula is C11H16N2O. The van der Waals surface area contributed by atoms with Gasteiger partial charge in [-0.15, -0.1) is 0 Å². The van der Waals surface area contributed by atoms with Crippen molar-refractivity contribution in [1.82, 2.24) is 0 Å². The predicted octanol–water partition coefficient (Wildman–Crippen LogP) is 2.18. The minimum Gasteiger partial charge on any atom is -0.411 e. The third kappa shape index (κ3) is 2.05. The van der Waals surface area contributed by atoms with Crippen molar-refractivity contribution in [3.8, 4) is 0 Å². The highest BCUT2D eigenvalue weighted by Gasteiger charge is 2.04. The molecule has 14 heavy (non-hydrogen) atoms. The fraction of sp³-hybridized carbons (Fsp3) is 0.364. The first-order valence-electron chi connectivity index (χ1n) is 4.52. The second-order valence-electron chi connectivity index (χ2n) is 3.63. The van der Waals surface area contributed by atoms with E-state index < -0.39 is 0 Å². The Morgan fingerprint density at radius 2 is 1.71 bits per heavy atom. The average molecular weight is 192 g/mol. The van der Waals surface area contributed by atoms with Gasteiger partial charge in [0, 0.05) is 25.3 Å². The maximum absolute atomic E-state index is 8.51. The molecule has 0 saturated heterocycles. The zero-order valence-corrected chi connectivity index (χ0v) is 9.07. The lowest BCUT2D eigenvalue weighted by atomic mass is 10.0. The van der Waals surface area contributed by atoms with E-state index in [-0.39, 0.29) is 0 Å². The van der Waals surface area contributed by atoms with E-state index >= 15 is 0 Å². The summed E-state index contributed by atoms with van der Waals surface area (Å²) >= 11 is 0. The summed E-state index contributed by atoms with van der Waals surface area (Å²) in [5.41, 5.74) is 4.38. The van der Waals surface area contributed by atoms with Crippen LogP contribution >= 0.6 is 0 Å². The number of benzene rings is 1. The minimum atomic E-state index is 0.984. The molecule has 0 fully saturated rings. The summed E-state index contributed by atoms with van der Waals surface area (Å²) in [4.78, 5) is 2.06. The topological polar surface area (TPSA) is 35.8 Å². The Bertz CT molecular complexity index is 333. The van der Waals surface area contributed by atoms with Gasteiger partial charge in [-0.2, -0.15) is 0 Å². The zero-order valence-electron chi connectivity index (χ0n) is 9.07. The van der Waals surface area contributed by atoms with E-state index in [2.05, 4.69) is 22.2 Å². The molecule has 1 aromatic carbocycles. The Morgan fingerprint density at radius 1 is 1.21 bits per heavy atom. The standard InChI is InChI=1S/C11H16N2O/c1-8-5-10(13(3)4)6-9(2)11(8)7-12-14/h5-7,14H,1-4H3/b12-7-. The van der Waals surface area contributed by atoms with Gasteiger partial charge in [0.1, 0.15) is 0 Å². The molecule has 3 nitrogen and oxygen atoms in total. The highest BCUT2D eigenvalue weighted by atomic mass is 16.4. The average Bonchev–Trinajstić information content (AvgIpc) is 2.10. The Morgan fingerprint density at radius 3 is 2.07 bits per heavy atom. The summed E-state index contributed by atoms with van der Waals surface area (Å²) in [5.74, 6) is 0. The zero-order chi connectivity index (χ0) is 10.7. The highest BCUT2D eigenvalue weighted by Crippen LogP contribution is 2.20. The van der Waals surface area contributed by atoms with Crippen LogP contribution in [0.4, 0.5) is 5.69 Å². The van der Waals surface area contributed by atoms with Crippen LogP contribution in [0.1, 0.15) is 16.7 Å². The van der Waals surface area contributed by atoms with Crippen LogP contribution in [0, 0.1) is 13.8 Å².